The van der Waals surface area contributed by atoms with Crippen LogP contribution in [-0.4, -0.2) is 48.2 Å². The summed E-state index contributed by atoms with van der Waals surface area (Å²) in [7, 11) is -5.53. The molecule has 0 atom stereocenters. The van der Waals surface area contributed by atoms with Gasteiger partial charge in [-0.05, 0) is 12.1 Å². The quantitative estimate of drug-likeness (QED) is 0.553. The SMILES string of the molecule is CNc1cccnc1S(=O)(=O)NCCNS(C)(=O)=O. The van der Waals surface area contributed by atoms with E-state index >= 15 is 0 Å². The number of pyridine rings is 1. The van der Waals surface area contributed by atoms with Gasteiger partial charge >= 0.3 is 0 Å². The number of aromatic nitrogens is 1. The lowest BCUT2D eigenvalue weighted by Crippen LogP contribution is -2.34. The van der Waals surface area contributed by atoms with Crippen LogP contribution in [0.1, 0.15) is 0 Å². The lowest BCUT2D eigenvalue weighted by molar-refractivity contribution is 0.571. The zero-order valence-corrected chi connectivity index (χ0v) is 12.2. The fourth-order valence-electron chi connectivity index (χ4n) is 1.29. The second-order valence-electron chi connectivity index (χ2n) is 3.67. The van der Waals surface area contributed by atoms with E-state index in [2.05, 4.69) is 19.7 Å². The van der Waals surface area contributed by atoms with E-state index in [1.165, 1.54) is 6.20 Å². The second kappa shape index (κ2) is 6.28. The summed E-state index contributed by atoms with van der Waals surface area (Å²) in [6, 6.07) is 3.19. The lowest BCUT2D eigenvalue weighted by Gasteiger charge is -2.09. The zero-order valence-electron chi connectivity index (χ0n) is 10.5. The van der Waals surface area contributed by atoms with E-state index in [1.54, 1.807) is 19.2 Å². The van der Waals surface area contributed by atoms with Gasteiger partial charge in [-0.3, -0.25) is 0 Å². The minimum absolute atomic E-state index is 0.0280. The molecule has 0 aliphatic carbocycles. The van der Waals surface area contributed by atoms with Crippen molar-refractivity contribution in [1.29, 1.82) is 0 Å². The van der Waals surface area contributed by atoms with E-state index in [4.69, 9.17) is 0 Å². The van der Waals surface area contributed by atoms with Gasteiger partial charge in [0.05, 0.1) is 11.9 Å². The Balaban J connectivity index is 2.71. The first kappa shape index (κ1) is 15.8. The molecule has 1 aromatic heterocycles. The Bertz CT molecular complexity index is 627. The summed E-state index contributed by atoms with van der Waals surface area (Å²) in [6.45, 7) is -0.0884. The van der Waals surface area contributed by atoms with Crippen molar-refractivity contribution in [3.05, 3.63) is 18.3 Å². The predicted octanol–water partition coefficient (Wildman–Crippen LogP) is -1.05. The molecule has 0 aliphatic heterocycles. The van der Waals surface area contributed by atoms with Crippen molar-refractivity contribution in [2.45, 2.75) is 5.03 Å². The molecule has 0 amide bonds. The molecule has 8 nitrogen and oxygen atoms in total. The Kier molecular flexibility index (Phi) is 5.23. The third-order valence-electron chi connectivity index (χ3n) is 2.08. The Hall–Kier alpha value is -1.23. The molecule has 0 bridgehead atoms. The number of sulfonamides is 2. The molecule has 0 fully saturated rings. The molecule has 0 spiro atoms. The maximum absolute atomic E-state index is 11.9. The van der Waals surface area contributed by atoms with Gasteiger partial charge in [0, 0.05) is 26.3 Å². The molecule has 0 saturated heterocycles. The third-order valence-corrected chi connectivity index (χ3v) is 4.22. The van der Waals surface area contributed by atoms with Crippen LogP contribution in [-0.2, 0) is 20.0 Å². The molecule has 108 valence electrons. The summed E-state index contributed by atoms with van der Waals surface area (Å²) in [6.07, 6.45) is 2.36. The molecule has 0 aliphatic rings. The molecule has 0 radical (unpaired) electrons. The molecule has 0 aromatic carbocycles. The topological polar surface area (TPSA) is 117 Å². The highest BCUT2D eigenvalue weighted by Gasteiger charge is 2.18. The molecule has 10 heteroatoms. The van der Waals surface area contributed by atoms with Gasteiger partial charge in [-0.15, -0.1) is 0 Å². The molecule has 0 saturated carbocycles. The second-order valence-corrected chi connectivity index (χ2v) is 7.19. The number of nitrogens with one attached hydrogen (secondary N) is 3. The smallest absolute Gasteiger partial charge is 0.260 e. The zero-order chi connectivity index (χ0) is 14.5. The average Bonchev–Trinajstić information content (AvgIpc) is 2.33. The van der Waals surface area contributed by atoms with Crippen molar-refractivity contribution in [1.82, 2.24) is 14.4 Å². The average molecular weight is 308 g/mol. The maximum Gasteiger partial charge on any atom is 0.260 e. The first-order valence-corrected chi connectivity index (χ1v) is 8.71. The van der Waals surface area contributed by atoms with Crippen molar-refractivity contribution in [3.8, 4) is 0 Å². The minimum Gasteiger partial charge on any atom is -0.386 e. The van der Waals surface area contributed by atoms with Crippen LogP contribution < -0.4 is 14.8 Å². The van der Waals surface area contributed by atoms with Crippen LogP contribution in [0.2, 0.25) is 0 Å². The van der Waals surface area contributed by atoms with E-state index in [1.807, 2.05) is 0 Å². The molecular formula is C9H16N4O4S2. The van der Waals surface area contributed by atoms with Gasteiger partial charge in [0.1, 0.15) is 0 Å². The lowest BCUT2D eigenvalue weighted by atomic mass is 10.4. The Morgan fingerprint density at radius 3 is 2.37 bits per heavy atom. The van der Waals surface area contributed by atoms with E-state index in [9.17, 15) is 16.8 Å². The fourth-order valence-corrected chi connectivity index (χ4v) is 2.93. The number of rotatable bonds is 7. The highest BCUT2D eigenvalue weighted by Crippen LogP contribution is 2.16. The number of hydrogen-bond donors (Lipinski definition) is 3. The number of hydrogen-bond acceptors (Lipinski definition) is 6. The maximum atomic E-state index is 11.9. The summed E-state index contributed by atoms with van der Waals surface area (Å²) in [5, 5.41) is 2.60. The summed E-state index contributed by atoms with van der Waals surface area (Å²) in [5.74, 6) is 0. The molecule has 1 rings (SSSR count). The van der Waals surface area contributed by atoms with Crippen LogP contribution in [0.4, 0.5) is 5.69 Å². The first-order valence-electron chi connectivity index (χ1n) is 5.33. The molecule has 1 heterocycles. The first-order chi connectivity index (χ1) is 8.76. The van der Waals surface area contributed by atoms with E-state index in [0.717, 1.165) is 6.26 Å². The molecule has 19 heavy (non-hydrogen) atoms. The van der Waals surface area contributed by atoms with Gasteiger partial charge < -0.3 is 5.32 Å². The van der Waals surface area contributed by atoms with Crippen LogP contribution in [0.3, 0.4) is 0 Å². The van der Waals surface area contributed by atoms with Crippen LogP contribution in [0, 0.1) is 0 Å². The summed E-state index contributed by atoms with van der Waals surface area (Å²) in [4.78, 5) is 3.80. The van der Waals surface area contributed by atoms with Crippen LogP contribution in [0.15, 0.2) is 23.4 Å². The third kappa shape index (κ3) is 5.11. The predicted molar refractivity (Wildman–Crippen MR) is 71.8 cm³/mol. The highest BCUT2D eigenvalue weighted by atomic mass is 32.2. The summed E-state index contributed by atoms with van der Waals surface area (Å²) >= 11 is 0. The van der Waals surface area contributed by atoms with Crippen molar-refractivity contribution in [2.75, 3.05) is 31.7 Å². The van der Waals surface area contributed by atoms with E-state index in [-0.39, 0.29) is 18.1 Å². The monoisotopic (exact) mass is 308 g/mol. The number of anilines is 1. The Labute approximate surface area is 112 Å². The summed E-state index contributed by atoms with van der Waals surface area (Å²) in [5.41, 5.74) is 0.367. The van der Waals surface area contributed by atoms with Gasteiger partial charge in [0.15, 0.2) is 5.03 Å². The van der Waals surface area contributed by atoms with Crippen LogP contribution in [0.25, 0.3) is 0 Å². The van der Waals surface area contributed by atoms with Gasteiger partial charge in [-0.25, -0.2) is 31.3 Å². The number of nitrogens with zero attached hydrogens (tertiary/aromatic N) is 1. The molecular weight excluding hydrogens is 292 g/mol. The standard InChI is InChI=1S/C9H16N4O4S2/c1-10-8-4-3-5-11-9(8)19(16,17)13-7-6-12-18(2,14)15/h3-5,10,12-13H,6-7H2,1-2H3. The van der Waals surface area contributed by atoms with E-state index < -0.39 is 20.0 Å². The normalized spacial score (nSPS) is 12.3. The molecule has 3 N–H and O–H groups in total. The minimum atomic E-state index is -3.78. The van der Waals surface area contributed by atoms with Crippen molar-refractivity contribution >= 4 is 25.7 Å². The van der Waals surface area contributed by atoms with Gasteiger partial charge in [0.2, 0.25) is 10.0 Å². The molecule has 0 unspecified atom stereocenters. The van der Waals surface area contributed by atoms with Crippen molar-refractivity contribution in [2.24, 2.45) is 0 Å². The van der Waals surface area contributed by atoms with Crippen LogP contribution >= 0.6 is 0 Å². The molecule has 1 aromatic rings. The van der Waals surface area contributed by atoms with Crippen molar-refractivity contribution < 1.29 is 16.8 Å². The summed E-state index contributed by atoms with van der Waals surface area (Å²) < 4.78 is 50.0. The van der Waals surface area contributed by atoms with E-state index in [0.29, 0.717) is 5.69 Å². The highest BCUT2D eigenvalue weighted by molar-refractivity contribution is 7.89. The Morgan fingerprint density at radius 2 is 1.79 bits per heavy atom. The van der Waals surface area contributed by atoms with Gasteiger partial charge in [-0.2, -0.15) is 0 Å². The Morgan fingerprint density at radius 1 is 1.16 bits per heavy atom. The largest absolute Gasteiger partial charge is 0.386 e. The van der Waals surface area contributed by atoms with Crippen LogP contribution in [0.5, 0.6) is 0 Å². The van der Waals surface area contributed by atoms with Gasteiger partial charge in [0.25, 0.3) is 10.0 Å². The van der Waals surface area contributed by atoms with Crippen molar-refractivity contribution in [3.63, 3.8) is 0 Å². The van der Waals surface area contributed by atoms with Gasteiger partial charge in [-0.1, -0.05) is 0 Å². The fraction of sp³-hybridized carbons (Fsp3) is 0.444.